The van der Waals surface area contributed by atoms with E-state index in [0.717, 1.165) is 11.1 Å². The molecule has 2 aromatic rings. The van der Waals surface area contributed by atoms with Crippen molar-refractivity contribution >= 4 is 11.8 Å². The van der Waals surface area contributed by atoms with E-state index in [0.29, 0.717) is 30.0 Å². The van der Waals surface area contributed by atoms with Crippen LogP contribution in [0.2, 0.25) is 0 Å². The Kier molecular flexibility index (Phi) is 5.95. The maximum atomic E-state index is 12.1. The van der Waals surface area contributed by atoms with E-state index in [-0.39, 0.29) is 11.8 Å². The van der Waals surface area contributed by atoms with Crippen LogP contribution in [-0.2, 0) is 0 Å². The van der Waals surface area contributed by atoms with Gasteiger partial charge in [-0.3, -0.25) is 9.59 Å². The number of ether oxygens (including phenoxy) is 1. The highest BCUT2D eigenvalue weighted by Crippen LogP contribution is 2.12. The minimum Gasteiger partial charge on any atom is -0.497 e. The Morgan fingerprint density at radius 1 is 0.958 bits per heavy atom. The Morgan fingerprint density at radius 3 is 2.33 bits per heavy atom. The molecule has 0 aliphatic rings. The summed E-state index contributed by atoms with van der Waals surface area (Å²) in [7, 11) is 1.56. The largest absolute Gasteiger partial charge is 0.497 e. The van der Waals surface area contributed by atoms with Crippen molar-refractivity contribution < 1.29 is 14.3 Å². The van der Waals surface area contributed by atoms with Gasteiger partial charge in [0.15, 0.2) is 0 Å². The third kappa shape index (κ3) is 4.59. The van der Waals surface area contributed by atoms with E-state index in [1.807, 2.05) is 32.0 Å². The van der Waals surface area contributed by atoms with Gasteiger partial charge in [0.05, 0.1) is 7.11 Å². The Hall–Kier alpha value is -2.82. The molecule has 0 unspecified atom stereocenters. The molecule has 0 aliphatic heterocycles. The summed E-state index contributed by atoms with van der Waals surface area (Å²) in [5.41, 5.74) is 3.23. The standard InChI is InChI=1S/C19H22N2O3/c1-13-7-8-17(14(2)11-13)19(23)21-10-9-20-18(22)15-5-4-6-16(12-15)24-3/h4-8,11-12H,9-10H2,1-3H3,(H,20,22)(H,21,23). The number of nitrogens with one attached hydrogen (secondary N) is 2. The van der Waals surface area contributed by atoms with E-state index >= 15 is 0 Å². The molecule has 5 nitrogen and oxygen atoms in total. The second-order valence-corrected chi connectivity index (χ2v) is 5.56. The minimum absolute atomic E-state index is 0.136. The molecule has 0 aromatic heterocycles. The molecule has 24 heavy (non-hydrogen) atoms. The molecule has 126 valence electrons. The van der Waals surface area contributed by atoms with Gasteiger partial charge in [-0.2, -0.15) is 0 Å². The van der Waals surface area contributed by atoms with Crippen LogP contribution in [0.1, 0.15) is 31.8 Å². The van der Waals surface area contributed by atoms with E-state index in [1.165, 1.54) is 0 Å². The summed E-state index contributed by atoms with van der Waals surface area (Å²) in [4.78, 5) is 24.2. The van der Waals surface area contributed by atoms with Crippen LogP contribution in [0.15, 0.2) is 42.5 Å². The molecule has 0 heterocycles. The first-order valence-electron chi connectivity index (χ1n) is 7.79. The van der Waals surface area contributed by atoms with Gasteiger partial charge in [0.2, 0.25) is 0 Å². The molecule has 2 N–H and O–H groups in total. The lowest BCUT2D eigenvalue weighted by molar-refractivity contribution is 0.0927. The highest BCUT2D eigenvalue weighted by atomic mass is 16.5. The third-order valence-electron chi connectivity index (χ3n) is 3.65. The fourth-order valence-electron chi connectivity index (χ4n) is 2.38. The summed E-state index contributed by atoms with van der Waals surface area (Å²) in [5, 5.41) is 5.58. The first kappa shape index (κ1) is 17.5. The minimum atomic E-state index is -0.199. The normalized spacial score (nSPS) is 10.1. The number of hydrogen-bond donors (Lipinski definition) is 2. The van der Waals surface area contributed by atoms with Gasteiger partial charge in [-0.05, 0) is 43.7 Å². The second-order valence-electron chi connectivity index (χ2n) is 5.56. The average Bonchev–Trinajstić information content (AvgIpc) is 2.58. The first-order valence-corrected chi connectivity index (χ1v) is 7.79. The molecule has 0 bridgehead atoms. The van der Waals surface area contributed by atoms with Gasteiger partial charge in [0.1, 0.15) is 5.75 Å². The van der Waals surface area contributed by atoms with E-state index in [2.05, 4.69) is 10.6 Å². The summed E-state index contributed by atoms with van der Waals surface area (Å²) in [6.07, 6.45) is 0. The highest BCUT2D eigenvalue weighted by Gasteiger charge is 2.09. The number of carbonyl (C=O) groups is 2. The number of aryl methyl sites for hydroxylation is 2. The lowest BCUT2D eigenvalue weighted by Crippen LogP contribution is -2.34. The molecule has 0 saturated carbocycles. The zero-order chi connectivity index (χ0) is 17.5. The van der Waals surface area contributed by atoms with Crippen molar-refractivity contribution in [3.63, 3.8) is 0 Å². The van der Waals surface area contributed by atoms with Crippen LogP contribution < -0.4 is 15.4 Å². The molecule has 0 atom stereocenters. The average molecular weight is 326 g/mol. The molecular weight excluding hydrogens is 304 g/mol. The Balaban J connectivity index is 1.81. The monoisotopic (exact) mass is 326 g/mol. The van der Waals surface area contributed by atoms with E-state index in [9.17, 15) is 9.59 Å². The molecule has 0 spiro atoms. The molecule has 2 rings (SSSR count). The number of rotatable bonds is 6. The van der Waals surface area contributed by atoms with Crippen LogP contribution in [0.5, 0.6) is 5.75 Å². The Morgan fingerprint density at radius 2 is 1.67 bits per heavy atom. The summed E-state index contributed by atoms with van der Waals surface area (Å²) < 4.78 is 5.09. The molecule has 0 fully saturated rings. The molecule has 2 aromatic carbocycles. The van der Waals surface area contributed by atoms with E-state index in [4.69, 9.17) is 4.74 Å². The summed E-state index contributed by atoms with van der Waals surface area (Å²) in [6, 6.07) is 12.6. The lowest BCUT2D eigenvalue weighted by Gasteiger charge is -2.10. The van der Waals surface area contributed by atoms with Gasteiger partial charge in [-0.15, -0.1) is 0 Å². The quantitative estimate of drug-likeness (QED) is 0.801. The third-order valence-corrected chi connectivity index (χ3v) is 3.65. The smallest absolute Gasteiger partial charge is 0.251 e. The zero-order valence-electron chi connectivity index (χ0n) is 14.2. The van der Waals surface area contributed by atoms with Crippen LogP contribution in [0.4, 0.5) is 0 Å². The molecule has 2 amide bonds. The Labute approximate surface area is 142 Å². The van der Waals surface area contributed by atoms with Crippen molar-refractivity contribution in [1.29, 1.82) is 0 Å². The van der Waals surface area contributed by atoms with Gasteiger partial charge in [0, 0.05) is 24.2 Å². The van der Waals surface area contributed by atoms with Crippen molar-refractivity contribution in [2.24, 2.45) is 0 Å². The van der Waals surface area contributed by atoms with Gasteiger partial charge in [0.25, 0.3) is 11.8 Å². The van der Waals surface area contributed by atoms with Crippen LogP contribution in [-0.4, -0.2) is 32.0 Å². The second kappa shape index (κ2) is 8.15. The van der Waals surface area contributed by atoms with Crippen molar-refractivity contribution in [2.45, 2.75) is 13.8 Å². The van der Waals surface area contributed by atoms with Gasteiger partial charge >= 0.3 is 0 Å². The van der Waals surface area contributed by atoms with Gasteiger partial charge in [-0.25, -0.2) is 0 Å². The van der Waals surface area contributed by atoms with Crippen LogP contribution in [0.25, 0.3) is 0 Å². The molecule has 0 aliphatic carbocycles. The number of methoxy groups -OCH3 is 1. The lowest BCUT2D eigenvalue weighted by atomic mass is 10.1. The molecule has 5 heteroatoms. The summed E-state index contributed by atoms with van der Waals surface area (Å²) in [6.45, 7) is 4.61. The molecule has 0 radical (unpaired) electrons. The number of hydrogen-bond acceptors (Lipinski definition) is 3. The fraction of sp³-hybridized carbons (Fsp3) is 0.263. The maximum Gasteiger partial charge on any atom is 0.251 e. The summed E-state index contributed by atoms with van der Waals surface area (Å²) in [5.74, 6) is 0.295. The van der Waals surface area contributed by atoms with E-state index in [1.54, 1.807) is 31.4 Å². The van der Waals surface area contributed by atoms with Crippen molar-refractivity contribution in [1.82, 2.24) is 10.6 Å². The first-order chi connectivity index (χ1) is 11.5. The maximum absolute atomic E-state index is 12.1. The van der Waals surface area contributed by atoms with E-state index < -0.39 is 0 Å². The van der Waals surface area contributed by atoms with Gasteiger partial charge < -0.3 is 15.4 Å². The predicted octanol–water partition coefficient (Wildman–Crippen LogP) is 2.47. The fourth-order valence-corrected chi connectivity index (χ4v) is 2.38. The highest BCUT2D eigenvalue weighted by molar-refractivity contribution is 5.96. The summed E-state index contributed by atoms with van der Waals surface area (Å²) >= 11 is 0. The SMILES string of the molecule is COc1cccc(C(=O)NCCNC(=O)c2ccc(C)cc2C)c1. The molecular formula is C19H22N2O3. The molecule has 0 saturated heterocycles. The van der Waals surface area contributed by atoms with Crippen molar-refractivity contribution in [2.75, 3.05) is 20.2 Å². The predicted molar refractivity (Wildman–Crippen MR) is 93.6 cm³/mol. The number of carbonyl (C=O) groups excluding carboxylic acids is 2. The van der Waals surface area contributed by atoms with Crippen LogP contribution in [0.3, 0.4) is 0 Å². The van der Waals surface area contributed by atoms with Crippen LogP contribution in [0, 0.1) is 13.8 Å². The topological polar surface area (TPSA) is 67.4 Å². The van der Waals surface area contributed by atoms with Crippen LogP contribution >= 0.6 is 0 Å². The number of benzene rings is 2. The number of amides is 2. The zero-order valence-corrected chi connectivity index (χ0v) is 14.2. The van der Waals surface area contributed by atoms with Crippen molar-refractivity contribution in [3.05, 3.63) is 64.7 Å². The van der Waals surface area contributed by atoms with Gasteiger partial charge in [-0.1, -0.05) is 23.8 Å². The Bertz CT molecular complexity index is 741. The van der Waals surface area contributed by atoms with Crippen molar-refractivity contribution in [3.8, 4) is 5.75 Å².